The largest absolute Gasteiger partial charge is 0.343 e. The lowest BCUT2D eigenvalue weighted by Crippen LogP contribution is -2.25. The maximum Gasteiger partial charge on any atom is 0.232 e. The molecule has 0 N–H and O–H groups in total. The summed E-state index contributed by atoms with van der Waals surface area (Å²) in [6.45, 7) is 2.17. The zero-order chi connectivity index (χ0) is 13.7. The maximum absolute atomic E-state index is 14.0. The van der Waals surface area contributed by atoms with Gasteiger partial charge in [-0.15, -0.1) is 11.8 Å². The van der Waals surface area contributed by atoms with Crippen LogP contribution in [0.2, 0.25) is 5.02 Å². The molecule has 1 aliphatic carbocycles. The fraction of sp³-hybridized carbons (Fsp3) is 0.333. The highest BCUT2D eigenvalue weighted by Gasteiger charge is 2.27. The van der Waals surface area contributed by atoms with Crippen LogP contribution in [0.1, 0.15) is 18.9 Å². The van der Waals surface area contributed by atoms with Crippen LogP contribution in [-0.4, -0.2) is 12.5 Å². The van der Waals surface area contributed by atoms with E-state index < -0.39 is 5.85 Å². The van der Waals surface area contributed by atoms with Gasteiger partial charge in [0.15, 0.2) is 0 Å². The van der Waals surface area contributed by atoms with Gasteiger partial charge in [0, 0.05) is 28.7 Å². The molecular weight excluding hydrogens is 283 g/mol. The summed E-state index contributed by atoms with van der Waals surface area (Å²) < 4.78 is 19.0. The molecule has 1 atom stereocenters. The summed E-state index contributed by atoms with van der Waals surface area (Å²) in [5.74, 6) is -0.777. The highest BCUT2D eigenvalue weighted by Crippen LogP contribution is 2.32. The Balaban J connectivity index is 1.87. The fourth-order valence-corrected chi connectivity index (χ4v) is 2.80. The predicted molar refractivity (Wildman–Crippen MR) is 80.1 cm³/mol. The molecule has 0 amide bonds. The van der Waals surface area contributed by atoms with Gasteiger partial charge in [-0.1, -0.05) is 29.8 Å². The van der Waals surface area contributed by atoms with Gasteiger partial charge in [-0.25, -0.2) is 4.39 Å². The monoisotopic (exact) mass is 298 g/mol. The average molecular weight is 299 g/mol. The van der Waals surface area contributed by atoms with E-state index in [4.69, 9.17) is 16.3 Å². The zero-order valence-corrected chi connectivity index (χ0v) is 12.3. The quantitative estimate of drug-likeness (QED) is 0.746. The third-order valence-corrected chi connectivity index (χ3v) is 4.15. The molecule has 0 spiro atoms. The molecule has 102 valence electrons. The molecule has 1 aromatic carbocycles. The van der Waals surface area contributed by atoms with E-state index in [0.717, 1.165) is 15.7 Å². The Morgan fingerprint density at radius 2 is 2.11 bits per heavy atom. The molecule has 1 aliphatic rings. The Hall–Kier alpha value is -0.770. The van der Waals surface area contributed by atoms with E-state index >= 15 is 0 Å². The van der Waals surface area contributed by atoms with Crippen molar-refractivity contribution in [2.24, 2.45) is 0 Å². The van der Waals surface area contributed by atoms with Crippen LogP contribution in [0.15, 0.2) is 47.4 Å². The second-order valence-corrected chi connectivity index (χ2v) is 5.76. The highest BCUT2D eigenvalue weighted by atomic mass is 35.5. The van der Waals surface area contributed by atoms with Gasteiger partial charge in [0.05, 0.1) is 0 Å². The summed E-state index contributed by atoms with van der Waals surface area (Å²) in [6.07, 6.45) is 5.46. The summed E-state index contributed by atoms with van der Waals surface area (Å²) >= 11 is 7.52. The Labute approximate surface area is 122 Å². The Bertz CT molecular complexity index is 483. The second-order valence-electron chi connectivity index (χ2n) is 4.28. The van der Waals surface area contributed by atoms with Crippen LogP contribution >= 0.6 is 23.4 Å². The molecule has 1 aromatic rings. The molecule has 0 aliphatic heterocycles. The number of allylic oxidation sites excluding steroid dienone is 1. The van der Waals surface area contributed by atoms with Gasteiger partial charge in [-0.3, -0.25) is 0 Å². The number of benzene rings is 1. The van der Waals surface area contributed by atoms with Gasteiger partial charge in [0.25, 0.3) is 0 Å². The van der Waals surface area contributed by atoms with Crippen LogP contribution in [0.5, 0.6) is 0 Å². The highest BCUT2D eigenvalue weighted by molar-refractivity contribution is 8.02. The molecule has 1 nitrogen and oxygen atoms in total. The molecule has 0 saturated carbocycles. The van der Waals surface area contributed by atoms with Crippen molar-refractivity contribution in [3.05, 3.63) is 58.0 Å². The van der Waals surface area contributed by atoms with Crippen molar-refractivity contribution in [1.82, 2.24) is 0 Å². The Morgan fingerprint density at radius 3 is 2.68 bits per heavy atom. The standard InChI is InChI=1S/C15H16ClFOS/c1-2-18-15(17)9-7-14(8-10-15)19-11-12-3-5-13(16)6-4-12/h3-9H,2,10-11H2,1H3. The maximum atomic E-state index is 14.0. The summed E-state index contributed by atoms with van der Waals surface area (Å²) in [4.78, 5) is 1.07. The minimum atomic E-state index is -1.63. The third-order valence-electron chi connectivity index (χ3n) is 2.78. The van der Waals surface area contributed by atoms with Crippen molar-refractivity contribution in [3.63, 3.8) is 0 Å². The number of rotatable bonds is 5. The smallest absolute Gasteiger partial charge is 0.232 e. The molecule has 0 radical (unpaired) electrons. The molecule has 0 fully saturated rings. The topological polar surface area (TPSA) is 9.23 Å². The van der Waals surface area contributed by atoms with E-state index in [0.29, 0.717) is 6.61 Å². The van der Waals surface area contributed by atoms with Crippen LogP contribution in [0.3, 0.4) is 0 Å². The molecule has 2 rings (SSSR count). The summed E-state index contributed by atoms with van der Waals surface area (Å²) in [5.41, 5.74) is 1.20. The van der Waals surface area contributed by atoms with Gasteiger partial charge in [0.1, 0.15) is 0 Å². The van der Waals surface area contributed by atoms with Crippen molar-refractivity contribution in [3.8, 4) is 0 Å². The Kier molecular flexibility index (Phi) is 5.08. The normalized spacial score (nSPS) is 22.4. The lowest BCUT2D eigenvalue weighted by Gasteiger charge is -2.23. The number of ether oxygens (including phenoxy) is 1. The molecule has 1 unspecified atom stereocenters. The first-order chi connectivity index (χ1) is 9.11. The van der Waals surface area contributed by atoms with Gasteiger partial charge < -0.3 is 4.74 Å². The number of hydrogen-bond donors (Lipinski definition) is 0. The van der Waals surface area contributed by atoms with Crippen molar-refractivity contribution >= 4 is 23.4 Å². The fourth-order valence-electron chi connectivity index (χ4n) is 1.78. The molecule has 0 saturated heterocycles. The molecule has 0 heterocycles. The van der Waals surface area contributed by atoms with Gasteiger partial charge >= 0.3 is 0 Å². The number of thioether (sulfide) groups is 1. The zero-order valence-electron chi connectivity index (χ0n) is 10.7. The second kappa shape index (κ2) is 6.60. The number of hydrogen-bond acceptors (Lipinski definition) is 2. The van der Waals surface area contributed by atoms with Crippen molar-refractivity contribution in [2.45, 2.75) is 25.0 Å². The minimum absolute atomic E-state index is 0.278. The van der Waals surface area contributed by atoms with Crippen LogP contribution in [0.25, 0.3) is 0 Å². The van der Waals surface area contributed by atoms with E-state index in [1.807, 2.05) is 30.3 Å². The van der Waals surface area contributed by atoms with E-state index in [1.54, 1.807) is 24.8 Å². The molecule has 0 aromatic heterocycles. The van der Waals surface area contributed by atoms with Crippen molar-refractivity contribution in [2.75, 3.05) is 6.61 Å². The van der Waals surface area contributed by atoms with E-state index in [1.165, 1.54) is 11.6 Å². The summed E-state index contributed by atoms with van der Waals surface area (Å²) in [6, 6.07) is 7.76. The van der Waals surface area contributed by atoms with E-state index in [2.05, 4.69) is 0 Å². The SMILES string of the molecule is CCOC1(F)C=CC(SCc2ccc(Cl)cc2)=CC1. The van der Waals surface area contributed by atoms with E-state index in [-0.39, 0.29) is 6.42 Å². The van der Waals surface area contributed by atoms with Crippen LogP contribution in [-0.2, 0) is 10.5 Å². The molecule has 19 heavy (non-hydrogen) atoms. The third kappa shape index (κ3) is 4.37. The van der Waals surface area contributed by atoms with Crippen LogP contribution in [0, 0.1) is 0 Å². The molecular formula is C15H16ClFOS. The minimum Gasteiger partial charge on any atom is -0.343 e. The van der Waals surface area contributed by atoms with Gasteiger partial charge in [0.2, 0.25) is 5.85 Å². The predicted octanol–water partition coefficient (Wildman–Crippen LogP) is 5.12. The first-order valence-corrected chi connectivity index (χ1v) is 7.57. The molecule has 4 heteroatoms. The van der Waals surface area contributed by atoms with E-state index in [9.17, 15) is 4.39 Å². The Morgan fingerprint density at radius 1 is 1.37 bits per heavy atom. The first kappa shape index (κ1) is 14.6. The first-order valence-electron chi connectivity index (χ1n) is 6.21. The summed E-state index contributed by atoms with van der Waals surface area (Å²) in [5, 5.41) is 0.740. The summed E-state index contributed by atoms with van der Waals surface area (Å²) in [7, 11) is 0. The molecule has 0 bridgehead atoms. The van der Waals surface area contributed by atoms with Crippen LogP contribution < -0.4 is 0 Å². The van der Waals surface area contributed by atoms with Gasteiger partial charge in [-0.05, 0) is 36.8 Å². The number of alkyl halides is 1. The number of halogens is 2. The average Bonchev–Trinajstić information content (AvgIpc) is 2.40. The van der Waals surface area contributed by atoms with Crippen molar-refractivity contribution in [1.29, 1.82) is 0 Å². The van der Waals surface area contributed by atoms with Crippen molar-refractivity contribution < 1.29 is 9.13 Å². The van der Waals surface area contributed by atoms with Crippen LogP contribution in [0.4, 0.5) is 4.39 Å². The lowest BCUT2D eigenvalue weighted by atomic mass is 10.1. The van der Waals surface area contributed by atoms with Gasteiger partial charge in [-0.2, -0.15) is 0 Å². The lowest BCUT2D eigenvalue weighted by molar-refractivity contribution is -0.0995.